The number of H-pyrrole nitrogens is 1. The molecule has 2 aromatic carbocycles. The van der Waals surface area contributed by atoms with Crippen LogP contribution in [0, 0.1) is 0 Å². The summed E-state index contributed by atoms with van der Waals surface area (Å²) in [4.78, 5) is 43.4. The number of carbonyl (C=O) groups is 3. The maximum atomic E-state index is 14.2. The van der Waals surface area contributed by atoms with E-state index in [4.69, 9.17) is 0 Å². The zero-order valence-electron chi connectivity index (χ0n) is 21.6. The van der Waals surface area contributed by atoms with Crippen molar-refractivity contribution < 1.29 is 36.3 Å². The summed E-state index contributed by atoms with van der Waals surface area (Å²) in [7, 11) is 1.59. The van der Waals surface area contributed by atoms with Crippen LogP contribution in [0.4, 0.5) is 22.0 Å². The second-order valence-electron chi connectivity index (χ2n) is 9.78. The Bertz CT molecular complexity index is 1360. The van der Waals surface area contributed by atoms with E-state index in [2.05, 4.69) is 15.6 Å². The highest BCUT2D eigenvalue weighted by Crippen LogP contribution is 2.37. The van der Waals surface area contributed by atoms with E-state index in [1.807, 2.05) is 30.3 Å². The van der Waals surface area contributed by atoms with Crippen LogP contribution in [0.15, 0.2) is 60.8 Å². The number of nitrogens with zero attached hydrogens (tertiary/aromatic N) is 1. The number of nitrogens with one attached hydrogen (secondary N) is 3. The molecule has 3 N–H and O–H groups in total. The number of hydrogen-bond donors (Lipinski definition) is 3. The number of hydrogen-bond acceptors (Lipinski definition) is 4. The molecule has 2 amide bonds. The van der Waals surface area contributed by atoms with Gasteiger partial charge in [0.05, 0.1) is 12.1 Å². The maximum Gasteiger partial charge on any atom is 0.461 e. The van der Waals surface area contributed by atoms with Crippen LogP contribution in [0.2, 0.25) is 0 Å². The summed E-state index contributed by atoms with van der Waals surface area (Å²) in [5.74, 6) is -9.53. The number of Topliss-reactive ketones (excluding diaryl/α,β-unsaturated/α-hetero) is 1. The molecule has 1 aliphatic heterocycles. The van der Waals surface area contributed by atoms with Crippen molar-refractivity contribution in [2.75, 3.05) is 13.6 Å². The van der Waals surface area contributed by atoms with E-state index in [0.717, 1.165) is 5.56 Å². The lowest BCUT2D eigenvalue weighted by Gasteiger charge is -2.30. The van der Waals surface area contributed by atoms with Crippen molar-refractivity contribution >= 4 is 28.5 Å². The van der Waals surface area contributed by atoms with Gasteiger partial charge in [0.2, 0.25) is 17.6 Å². The van der Waals surface area contributed by atoms with Crippen LogP contribution >= 0.6 is 0 Å². The Balaban J connectivity index is 1.57. The van der Waals surface area contributed by atoms with Gasteiger partial charge in [0, 0.05) is 30.1 Å². The summed E-state index contributed by atoms with van der Waals surface area (Å²) in [6.07, 6.45) is -4.43. The van der Waals surface area contributed by atoms with E-state index in [-0.39, 0.29) is 18.5 Å². The highest BCUT2D eigenvalue weighted by atomic mass is 19.4. The van der Waals surface area contributed by atoms with Crippen molar-refractivity contribution in [1.29, 1.82) is 0 Å². The van der Waals surface area contributed by atoms with Crippen molar-refractivity contribution in [3.05, 3.63) is 71.9 Å². The molecular formula is C28H29F5N4O3. The van der Waals surface area contributed by atoms with E-state index >= 15 is 0 Å². The van der Waals surface area contributed by atoms with Crippen molar-refractivity contribution in [3.8, 4) is 0 Å². The first-order valence-corrected chi connectivity index (χ1v) is 12.8. The molecule has 0 saturated carbocycles. The van der Waals surface area contributed by atoms with Crippen LogP contribution in [0.5, 0.6) is 0 Å². The molecule has 1 aromatic heterocycles. The third-order valence-electron chi connectivity index (χ3n) is 7.17. The third kappa shape index (κ3) is 6.01. The van der Waals surface area contributed by atoms with E-state index < -0.39 is 54.2 Å². The number of amides is 2. The molecule has 2 heterocycles. The monoisotopic (exact) mass is 564 g/mol. The standard InChI is InChI=1S/C28H29F5N4O3/c1-34-22(14-17-8-3-2-4-9-17)26(40)37-13-7-12-23(37)25(39)36-21(24(38)27(29,30)28(31,32)33)15-18-16-35-20-11-6-5-10-19(18)20/h2-6,8-11,16,21-23,34-35H,7,12-15H2,1H3,(H,36,39)/t21-,22-,23+/m1/s1. The molecule has 1 fully saturated rings. The van der Waals surface area contributed by atoms with E-state index in [9.17, 15) is 36.3 Å². The van der Waals surface area contributed by atoms with Gasteiger partial charge in [-0.1, -0.05) is 48.5 Å². The van der Waals surface area contributed by atoms with Crippen molar-refractivity contribution in [2.45, 2.75) is 55.9 Å². The van der Waals surface area contributed by atoms with Gasteiger partial charge < -0.3 is 20.5 Å². The van der Waals surface area contributed by atoms with Crippen molar-refractivity contribution in [1.82, 2.24) is 20.5 Å². The summed E-state index contributed by atoms with van der Waals surface area (Å²) in [6, 6.07) is 11.8. The van der Waals surface area contributed by atoms with Crippen LogP contribution in [-0.2, 0) is 27.2 Å². The summed E-state index contributed by atoms with van der Waals surface area (Å²) in [6.45, 7) is 0.198. The van der Waals surface area contributed by atoms with Gasteiger partial charge in [-0.25, -0.2) is 0 Å². The lowest BCUT2D eigenvalue weighted by molar-refractivity contribution is -0.269. The topological polar surface area (TPSA) is 94.3 Å². The first kappa shape index (κ1) is 29.2. The molecule has 214 valence electrons. The van der Waals surface area contributed by atoms with E-state index in [1.165, 1.54) is 11.1 Å². The van der Waals surface area contributed by atoms with Gasteiger partial charge in [0.15, 0.2) is 0 Å². The first-order valence-electron chi connectivity index (χ1n) is 12.8. The van der Waals surface area contributed by atoms with Gasteiger partial charge in [-0.05, 0) is 43.5 Å². The lowest BCUT2D eigenvalue weighted by Crippen LogP contribution is -2.58. The second-order valence-corrected chi connectivity index (χ2v) is 9.78. The summed E-state index contributed by atoms with van der Waals surface area (Å²) in [5.41, 5.74) is 1.74. The van der Waals surface area contributed by atoms with Crippen LogP contribution in [0.25, 0.3) is 10.9 Å². The molecule has 0 unspecified atom stereocenters. The average Bonchev–Trinajstić information content (AvgIpc) is 3.58. The Hall–Kier alpha value is -3.80. The molecule has 40 heavy (non-hydrogen) atoms. The van der Waals surface area contributed by atoms with E-state index in [1.54, 1.807) is 31.3 Å². The fourth-order valence-electron chi connectivity index (χ4n) is 5.02. The lowest BCUT2D eigenvalue weighted by atomic mass is 9.97. The Morgan fingerprint density at radius 2 is 1.65 bits per heavy atom. The predicted octanol–water partition coefficient (Wildman–Crippen LogP) is 3.78. The minimum Gasteiger partial charge on any atom is -0.361 e. The maximum absolute atomic E-state index is 14.2. The molecule has 0 radical (unpaired) electrons. The molecule has 3 atom stereocenters. The van der Waals surface area contributed by atoms with Gasteiger partial charge in [0.25, 0.3) is 0 Å². The number of ketones is 1. The summed E-state index contributed by atoms with van der Waals surface area (Å²) >= 11 is 0. The normalized spacial score (nSPS) is 17.6. The molecule has 1 saturated heterocycles. The molecule has 0 bridgehead atoms. The number of halogens is 5. The van der Waals surface area contributed by atoms with Gasteiger partial charge in [0.1, 0.15) is 6.04 Å². The molecule has 0 spiro atoms. The third-order valence-corrected chi connectivity index (χ3v) is 7.17. The second kappa shape index (κ2) is 11.7. The zero-order valence-corrected chi connectivity index (χ0v) is 21.6. The number of aromatic amines is 1. The predicted molar refractivity (Wildman–Crippen MR) is 138 cm³/mol. The Kier molecular flexibility index (Phi) is 8.57. The fourth-order valence-corrected chi connectivity index (χ4v) is 5.02. The number of likely N-dealkylation sites (N-methyl/N-ethyl adjacent to an activating group) is 1. The average molecular weight is 565 g/mol. The number of rotatable bonds is 10. The van der Waals surface area contributed by atoms with E-state index in [0.29, 0.717) is 23.7 Å². The number of fused-ring (bicyclic) bond motifs is 1. The number of para-hydroxylation sites is 1. The Morgan fingerprint density at radius 1 is 0.975 bits per heavy atom. The van der Waals surface area contributed by atoms with Gasteiger partial charge in [-0.2, -0.15) is 22.0 Å². The summed E-state index contributed by atoms with van der Waals surface area (Å²) in [5, 5.41) is 5.57. The Labute approximate surface area is 227 Å². The quantitative estimate of drug-likeness (QED) is 0.327. The molecule has 12 heteroatoms. The molecule has 4 rings (SSSR count). The molecule has 1 aliphatic rings. The smallest absolute Gasteiger partial charge is 0.361 e. The minimum atomic E-state index is -6.14. The fraction of sp³-hybridized carbons (Fsp3) is 0.393. The van der Waals surface area contributed by atoms with Crippen molar-refractivity contribution in [3.63, 3.8) is 0 Å². The summed E-state index contributed by atoms with van der Waals surface area (Å²) < 4.78 is 67.8. The van der Waals surface area contributed by atoms with Gasteiger partial charge in [-0.3, -0.25) is 14.4 Å². The highest BCUT2D eigenvalue weighted by molar-refractivity contribution is 5.97. The van der Waals surface area contributed by atoms with Crippen LogP contribution < -0.4 is 10.6 Å². The van der Waals surface area contributed by atoms with Crippen LogP contribution in [0.3, 0.4) is 0 Å². The van der Waals surface area contributed by atoms with Crippen LogP contribution in [0.1, 0.15) is 24.0 Å². The van der Waals surface area contributed by atoms with Crippen LogP contribution in [-0.4, -0.2) is 71.3 Å². The first-order chi connectivity index (χ1) is 18.9. The number of benzene rings is 2. The van der Waals surface area contributed by atoms with Gasteiger partial charge in [-0.15, -0.1) is 0 Å². The number of aromatic nitrogens is 1. The zero-order chi connectivity index (χ0) is 29.1. The molecule has 3 aromatic rings. The van der Waals surface area contributed by atoms with Crippen molar-refractivity contribution in [2.24, 2.45) is 0 Å². The SMILES string of the molecule is CN[C@H](Cc1ccccc1)C(=O)N1CCC[C@H]1C(=O)N[C@H](Cc1c[nH]c2ccccc12)C(=O)C(F)(F)C(F)(F)F. The Morgan fingerprint density at radius 3 is 2.33 bits per heavy atom. The largest absolute Gasteiger partial charge is 0.461 e. The number of carbonyl (C=O) groups excluding carboxylic acids is 3. The van der Waals surface area contributed by atoms with Gasteiger partial charge >= 0.3 is 12.1 Å². The molecule has 0 aliphatic carbocycles. The molecular weight excluding hydrogens is 535 g/mol. The number of likely N-dealkylation sites (tertiary alicyclic amines) is 1. The minimum absolute atomic E-state index is 0.170. The molecule has 7 nitrogen and oxygen atoms in total. The highest BCUT2D eigenvalue weighted by Gasteiger charge is 2.64. The number of alkyl halides is 5.